The van der Waals surface area contributed by atoms with Crippen LogP contribution in [0.3, 0.4) is 0 Å². The molecule has 5 heteroatoms. The maximum absolute atomic E-state index is 12.1. The van der Waals surface area contributed by atoms with Crippen molar-refractivity contribution >= 4 is 11.8 Å². The Morgan fingerprint density at radius 2 is 2.00 bits per heavy atom. The zero-order chi connectivity index (χ0) is 14.2. The van der Waals surface area contributed by atoms with E-state index in [0.29, 0.717) is 19.0 Å². The first-order valence-corrected chi connectivity index (χ1v) is 7.87. The highest BCUT2D eigenvalue weighted by Gasteiger charge is 2.40. The summed E-state index contributed by atoms with van der Waals surface area (Å²) in [5.41, 5.74) is -0.818. The van der Waals surface area contributed by atoms with E-state index >= 15 is 0 Å². The number of rotatable bonds is 4. The molecule has 0 aromatic rings. The minimum atomic E-state index is -0.818. The molecule has 0 spiro atoms. The second-order valence-electron chi connectivity index (χ2n) is 6.71. The van der Waals surface area contributed by atoms with Crippen molar-refractivity contribution in [1.82, 2.24) is 10.2 Å². The number of carbonyl (C=O) groups is 2. The molecule has 0 radical (unpaired) electrons. The first kappa shape index (κ1) is 13.9. The average Bonchev–Trinajstić information content (AvgIpc) is 3.14. The largest absolute Gasteiger partial charge is 0.389 e. The summed E-state index contributed by atoms with van der Waals surface area (Å²) < 4.78 is 0. The van der Waals surface area contributed by atoms with Gasteiger partial charge in [0, 0.05) is 19.0 Å². The van der Waals surface area contributed by atoms with E-state index in [9.17, 15) is 14.7 Å². The fourth-order valence-electron chi connectivity index (χ4n) is 3.53. The number of carbonyl (C=O) groups excluding carboxylic acids is 2. The summed E-state index contributed by atoms with van der Waals surface area (Å²) in [6.07, 6.45) is 7.40. The molecule has 0 bridgehead atoms. The molecule has 1 aliphatic heterocycles. The first-order valence-electron chi connectivity index (χ1n) is 7.87. The maximum atomic E-state index is 12.1. The van der Waals surface area contributed by atoms with Gasteiger partial charge in [0.2, 0.25) is 11.8 Å². The van der Waals surface area contributed by atoms with Crippen molar-refractivity contribution in [2.75, 3.05) is 6.54 Å². The van der Waals surface area contributed by atoms with Crippen molar-refractivity contribution in [3.63, 3.8) is 0 Å². The molecule has 2 saturated carbocycles. The van der Waals surface area contributed by atoms with E-state index in [2.05, 4.69) is 5.32 Å². The summed E-state index contributed by atoms with van der Waals surface area (Å²) in [6.45, 7) is 0.646. The lowest BCUT2D eigenvalue weighted by molar-refractivity contribution is -0.128. The standard InChI is InChI=1S/C15H24N2O3/c18-13(9-15(20)6-2-1-3-7-15)16-11-8-14(19)17(10-11)12-4-5-12/h11-12,20H,1-10H2,(H,16,18). The highest BCUT2D eigenvalue weighted by Crippen LogP contribution is 2.32. The number of likely N-dealkylation sites (tertiary alicyclic amines) is 1. The Kier molecular flexibility index (Phi) is 3.71. The van der Waals surface area contributed by atoms with Crippen LogP contribution in [-0.2, 0) is 9.59 Å². The van der Waals surface area contributed by atoms with E-state index in [1.54, 1.807) is 0 Å². The molecule has 3 fully saturated rings. The van der Waals surface area contributed by atoms with Gasteiger partial charge in [-0.25, -0.2) is 0 Å². The molecule has 1 heterocycles. The topological polar surface area (TPSA) is 69.6 Å². The summed E-state index contributed by atoms with van der Waals surface area (Å²) in [6, 6.07) is 0.356. The fourth-order valence-corrected chi connectivity index (χ4v) is 3.53. The van der Waals surface area contributed by atoms with Gasteiger partial charge in [-0.3, -0.25) is 9.59 Å². The highest BCUT2D eigenvalue weighted by atomic mass is 16.3. The predicted molar refractivity (Wildman–Crippen MR) is 73.9 cm³/mol. The van der Waals surface area contributed by atoms with Crippen LogP contribution >= 0.6 is 0 Å². The molecule has 0 aromatic carbocycles. The van der Waals surface area contributed by atoms with Crippen molar-refractivity contribution < 1.29 is 14.7 Å². The Labute approximate surface area is 119 Å². The van der Waals surface area contributed by atoms with Crippen molar-refractivity contribution in [1.29, 1.82) is 0 Å². The fraction of sp³-hybridized carbons (Fsp3) is 0.867. The van der Waals surface area contributed by atoms with Gasteiger partial charge in [-0.15, -0.1) is 0 Å². The third-order valence-electron chi connectivity index (χ3n) is 4.79. The molecule has 5 nitrogen and oxygen atoms in total. The van der Waals surface area contributed by atoms with Gasteiger partial charge in [0.25, 0.3) is 0 Å². The lowest BCUT2D eigenvalue weighted by atomic mass is 9.82. The third kappa shape index (κ3) is 3.14. The zero-order valence-corrected chi connectivity index (χ0v) is 11.9. The van der Waals surface area contributed by atoms with Gasteiger partial charge in [-0.05, 0) is 25.7 Å². The molecule has 2 N–H and O–H groups in total. The average molecular weight is 280 g/mol. The quantitative estimate of drug-likeness (QED) is 0.805. The highest BCUT2D eigenvalue weighted by molar-refractivity contribution is 5.83. The molecule has 112 valence electrons. The number of hydrogen-bond acceptors (Lipinski definition) is 3. The monoisotopic (exact) mass is 280 g/mol. The Bertz CT molecular complexity index is 400. The molecular weight excluding hydrogens is 256 g/mol. The van der Waals surface area contributed by atoms with E-state index in [4.69, 9.17) is 0 Å². The summed E-state index contributed by atoms with van der Waals surface area (Å²) >= 11 is 0. The Morgan fingerprint density at radius 1 is 1.30 bits per heavy atom. The second-order valence-corrected chi connectivity index (χ2v) is 6.71. The summed E-state index contributed by atoms with van der Waals surface area (Å²) in [5, 5.41) is 13.3. The first-order chi connectivity index (χ1) is 9.56. The Hall–Kier alpha value is -1.10. The number of aliphatic hydroxyl groups is 1. The van der Waals surface area contributed by atoms with E-state index in [1.807, 2.05) is 4.90 Å². The van der Waals surface area contributed by atoms with Crippen molar-refractivity contribution in [3.8, 4) is 0 Å². The molecule has 1 saturated heterocycles. The van der Waals surface area contributed by atoms with Gasteiger partial charge in [0.15, 0.2) is 0 Å². The van der Waals surface area contributed by atoms with Crippen LogP contribution in [-0.4, -0.2) is 46.1 Å². The van der Waals surface area contributed by atoms with Crippen LogP contribution in [0, 0.1) is 0 Å². The van der Waals surface area contributed by atoms with Gasteiger partial charge in [0.05, 0.1) is 18.1 Å². The van der Waals surface area contributed by atoms with Crippen molar-refractivity contribution in [2.45, 2.75) is 75.5 Å². The van der Waals surface area contributed by atoms with Crippen LogP contribution in [0.2, 0.25) is 0 Å². The molecule has 3 aliphatic rings. The van der Waals surface area contributed by atoms with Crippen molar-refractivity contribution in [3.05, 3.63) is 0 Å². The van der Waals surface area contributed by atoms with Gasteiger partial charge >= 0.3 is 0 Å². The summed E-state index contributed by atoms with van der Waals surface area (Å²) in [4.78, 5) is 25.8. The SMILES string of the molecule is O=C(CC1(O)CCCCC1)NC1CC(=O)N(C2CC2)C1. The Morgan fingerprint density at radius 3 is 2.65 bits per heavy atom. The van der Waals surface area contributed by atoms with Gasteiger partial charge in [0.1, 0.15) is 0 Å². The molecule has 2 amide bonds. The summed E-state index contributed by atoms with van der Waals surface area (Å²) in [7, 11) is 0. The number of nitrogens with zero attached hydrogens (tertiary/aromatic N) is 1. The normalized spacial score (nSPS) is 29.6. The number of amides is 2. The minimum absolute atomic E-state index is 0.0669. The van der Waals surface area contributed by atoms with Crippen LogP contribution in [0.5, 0.6) is 0 Å². The Balaban J connectivity index is 1.48. The molecule has 0 aromatic heterocycles. The zero-order valence-electron chi connectivity index (χ0n) is 11.9. The van der Waals surface area contributed by atoms with E-state index < -0.39 is 5.60 Å². The van der Waals surface area contributed by atoms with Crippen LogP contribution in [0.4, 0.5) is 0 Å². The molecule has 2 aliphatic carbocycles. The smallest absolute Gasteiger partial charge is 0.225 e. The number of hydrogen-bond donors (Lipinski definition) is 2. The van der Waals surface area contributed by atoms with Crippen molar-refractivity contribution in [2.24, 2.45) is 0 Å². The molecular formula is C15H24N2O3. The molecule has 1 atom stereocenters. The van der Waals surface area contributed by atoms with Crippen LogP contribution in [0.15, 0.2) is 0 Å². The predicted octanol–water partition coefficient (Wildman–Crippen LogP) is 0.951. The second kappa shape index (κ2) is 5.35. The van der Waals surface area contributed by atoms with E-state index in [-0.39, 0.29) is 24.3 Å². The lowest BCUT2D eigenvalue weighted by Gasteiger charge is -2.31. The van der Waals surface area contributed by atoms with Crippen LogP contribution in [0.25, 0.3) is 0 Å². The van der Waals surface area contributed by atoms with Gasteiger partial charge in [-0.2, -0.15) is 0 Å². The van der Waals surface area contributed by atoms with Crippen LogP contribution in [0.1, 0.15) is 57.8 Å². The minimum Gasteiger partial charge on any atom is -0.389 e. The third-order valence-corrected chi connectivity index (χ3v) is 4.79. The van der Waals surface area contributed by atoms with Gasteiger partial charge in [-0.1, -0.05) is 19.3 Å². The number of nitrogens with one attached hydrogen (secondary N) is 1. The van der Waals surface area contributed by atoms with Gasteiger partial charge < -0.3 is 15.3 Å². The molecule has 20 heavy (non-hydrogen) atoms. The molecule has 1 unspecified atom stereocenters. The maximum Gasteiger partial charge on any atom is 0.225 e. The van der Waals surface area contributed by atoms with E-state index in [1.165, 1.54) is 0 Å². The van der Waals surface area contributed by atoms with E-state index in [0.717, 1.165) is 44.9 Å². The summed E-state index contributed by atoms with van der Waals surface area (Å²) in [5.74, 6) is 0.0547. The molecule has 3 rings (SSSR count). The van der Waals surface area contributed by atoms with Crippen LogP contribution < -0.4 is 5.32 Å². The lowest BCUT2D eigenvalue weighted by Crippen LogP contribution is -2.43.